The van der Waals surface area contributed by atoms with Crippen LogP contribution in [-0.2, 0) is 9.53 Å². The number of ether oxygens (including phenoxy) is 1. The van der Waals surface area contributed by atoms with Gasteiger partial charge in [0.1, 0.15) is 6.61 Å². The highest BCUT2D eigenvalue weighted by Crippen LogP contribution is 2.34. The molecule has 5 nitrogen and oxygen atoms in total. The molecule has 1 amide bonds. The highest BCUT2D eigenvalue weighted by Gasteiger charge is 2.35. The first-order valence-electron chi connectivity index (χ1n) is 6.86. The van der Waals surface area contributed by atoms with Crippen molar-refractivity contribution in [1.29, 1.82) is 0 Å². The summed E-state index contributed by atoms with van der Waals surface area (Å²) in [6, 6.07) is 0. The molecular formula is C14H23NO4. The largest absolute Gasteiger partial charge is 0.481 e. The van der Waals surface area contributed by atoms with E-state index in [0.29, 0.717) is 6.42 Å². The van der Waals surface area contributed by atoms with Crippen molar-refractivity contribution in [1.82, 2.24) is 5.32 Å². The summed E-state index contributed by atoms with van der Waals surface area (Å²) in [5, 5.41) is 11.6. The maximum Gasteiger partial charge on any atom is 0.407 e. The molecule has 108 valence electrons. The van der Waals surface area contributed by atoms with E-state index in [2.05, 4.69) is 11.9 Å². The molecule has 0 aromatic carbocycles. The summed E-state index contributed by atoms with van der Waals surface area (Å²) in [6.07, 6.45) is 7.70. The summed E-state index contributed by atoms with van der Waals surface area (Å²) in [4.78, 5) is 22.1. The first-order valence-corrected chi connectivity index (χ1v) is 6.86. The number of rotatable bonds is 8. The minimum Gasteiger partial charge on any atom is -0.481 e. The zero-order chi connectivity index (χ0) is 14.1. The topological polar surface area (TPSA) is 75.6 Å². The Morgan fingerprint density at radius 3 is 2.58 bits per heavy atom. The van der Waals surface area contributed by atoms with E-state index < -0.39 is 12.1 Å². The third kappa shape index (κ3) is 5.77. The maximum absolute atomic E-state index is 11.6. The van der Waals surface area contributed by atoms with Crippen LogP contribution in [0, 0.1) is 0 Å². The lowest BCUT2D eigenvalue weighted by Gasteiger charge is -2.29. The molecule has 1 aliphatic carbocycles. The van der Waals surface area contributed by atoms with Crippen LogP contribution in [0.4, 0.5) is 4.79 Å². The number of hydrogen-bond donors (Lipinski definition) is 2. The van der Waals surface area contributed by atoms with E-state index in [1.54, 1.807) is 0 Å². The second-order valence-corrected chi connectivity index (χ2v) is 5.10. The van der Waals surface area contributed by atoms with Crippen molar-refractivity contribution in [2.75, 3.05) is 6.61 Å². The van der Waals surface area contributed by atoms with Crippen molar-refractivity contribution in [3.63, 3.8) is 0 Å². The van der Waals surface area contributed by atoms with Crippen LogP contribution < -0.4 is 5.32 Å². The zero-order valence-electron chi connectivity index (χ0n) is 11.3. The van der Waals surface area contributed by atoms with Gasteiger partial charge in [0.2, 0.25) is 0 Å². The molecule has 0 unspecified atom stereocenters. The van der Waals surface area contributed by atoms with Crippen molar-refractivity contribution in [3.05, 3.63) is 12.7 Å². The lowest BCUT2D eigenvalue weighted by Crippen LogP contribution is -2.46. The number of hydrogen-bond acceptors (Lipinski definition) is 3. The first-order chi connectivity index (χ1) is 9.08. The average molecular weight is 269 g/mol. The van der Waals surface area contributed by atoms with Gasteiger partial charge in [-0.25, -0.2) is 4.79 Å². The van der Waals surface area contributed by atoms with Crippen molar-refractivity contribution in [2.45, 2.75) is 56.9 Å². The number of aliphatic carboxylic acids is 1. The quantitative estimate of drug-likeness (QED) is 0.525. The molecule has 0 radical (unpaired) electrons. The smallest absolute Gasteiger partial charge is 0.407 e. The van der Waals surface area contributed by atoms with E-state index in [4.69, 9.17) is 9.84 Å². The lowest BCUT2D eigenvalue weighted by molar-refractivity contribution is -0.137. The Kier molecular flexibility index (Phi) is 6.39. The SMILES string of the molecule is C=CCOC(=O)NC1(CCCCC(=O)O)CCCC1. The molecule has 1 aliphatic rings. The summed E-state index contributed by atoms with van der Waals surface area (Å²) in [5.74, 6) is -0.765. The second kappa shape index (κ2) is 7.81. The maximum atomic E-state index is 11.6. The monoisotopic (exact) mass is 269 g/mol. The van der Waals surface area contributed by atoms with Crippen LogP contribution in [0.3, 0.4) is 0 Å². The van der Waals surface area contributed by atoms with Gasteiger partial charge in [0.05, 0.1) is 0 Å². The molecule has 0 saturated heterocycles. The number of carbonyl (C=O) groups excluding carboxylic acids is 1. The first kappa shape index (κ1) is 15.5. The van der Waals surface area contributed by atoms with Crippen molar-refractivity contribution >= 4 is 12.1 Å². The van der Waals surface area contributed by atoms with Gasteiger partial charge in [-0.2, -0.15) is 0 Å². The molecule has 0 heterocycles. The third-order valence-corrected chi connectivity index (χ3v) is 3.56. The summed E-state index contributed by atoms with van der Waals surface area (Å²) >= 11 is 0. The molecule has 0 atom stereocenters. The van der Waals surface area contributed by atoms with E-state index in [1.165, 1.54) is 6.08 Å². The third-order valence-electron chi connectivity index (χ3n) is 3.56. The Balaban J connectivity index is 2.38. The Labute approximate surface area is 114 Å². The van der Waals surface area contributed by atoms with Crippen LogP contribution in [0.1, 0.15) is 51.4 Å². The minimum atomic E-state index is -0.765. The molecule has 0 bridgehead atoms. The van der Waals surface area contributed by atoms with Crippen LogP contribution in [0.15, 0.2) is 12.7 Å². The number of unbranched alkanes of at least 4 members (excludes halogenated alkanes) is 1. The fourth-order valence-electron chi connectivity index (χ4n) is 2.62. The Hall–Kier alpha value is -1.52. The number of carboxylic acid groups (broad SMARTS) is 1. The second-order valence-electron chi connectivity index (χ2n) is 5.10. The predicted molar refractivity (Wildman–Crippen MR) is 72.0 cm³/mol. The fraction of sp³-hybridized carbons (Fsp3) is 0.714. The molecule has 0 aliphatic heterocycles. The highest BCUT2D eigenvalue weighted by atomic mass is 16.5. The van der Waals surface area contributed by atoms with Gasteiger partial charge < -0.3 is 15.2 Å². The van der Waals surface area contributed by atoms with Gasteiger partial charge in [0.15, 0.2) is 0 Å². The molecule has 0 aromatic heterocycles. The molecule has 1 saturated carbocycles. The zero-order valence-corrected chi connectivity index (χ0v) is 11.3. The Bertz CT molecular complexity index is 321. The van der Waals surface area contributed by atoms with E-state index in [1.807, 2.05) is 0 Å². The summed E-state index contributed by atoms with van der Waals surface area (Å²) in [7, 11) is 0. The van der Waals surface area contributed by atoms with Gasteiger partial charge in [-0.1, -0.05) is 31.9 Å². The number of carbonyl (C=O) groups is 2. The van der Waals surface area contributed by atoms with Gasteiger partial charge in [-0.3, -0.25) is 4.79 Å². The van der Waals surface area contributed by atoms with E-state index in [9.17, 15) is 9.59 Å². The van der Waals surface area contributed by atoms with Gasteiger partial charge in [0, 0.05) is 12.0 Å². The molecule has 0 spiro atoms. The molecule has 5 heteroatoms. The predicted octanol–water partition coefficient (Wildman–Crippen LogP) is 2.86. The lowest BCUT2D eigenvalue weighted by atomic mass is 9.90. The number of alkyl carbamates (subject to hydrolysis) is 1. The highest BCUT2D eigenvalue weighted by molar-refractivity contribution is 5.68. The normalized spacial score (nSPS) is 16.8. The van der Waals surface area contributed by atoms with Gasteiger partial charge in [-0.05, 0) is 25.7 Å². The number of amides is 1. The summed E-state index contributed by atoms with van der Waals surface area (Å²) in [6.45, 7) is 3.71. The fourth-order valence-corrected chi connectivity index (χ4v) is 2.62. The number of carboxylic acids is 1. The molecule has 0 aromatic rings. The minimum absolute atomic E-state index is 0.191. The number of nitrogens with one attached hydrogen (secondary N) is 1. The standard InChI is InChI=1S/C14H23NO4/c1-2-11-19-13(18)15-14(9-5-6-10-14)8-4-3-7-12(16)17/h2H,1,3-11H2,(H,15,18)(H,16,17). The van der Waals surface area contributed by atoms with E-state index >= 15 is 0 Å². The average Bonchev–Trinajstić information content (AvgIpc) is 2.81. The van der Waals surface area contributed by atoms with E-state index in [-0.39, 0.29) is 18.6 Å². The van der Waals surface area contributed by atoms with Crippen molar-refractivity contribution in [3.8, 4) is 0 Å². The summed E-state index contributed by atoms with van der Waals surface area (Å²) < 4.78 is 4.96. The van der Waals surface area contributed by atoms with Gasteiger partial charge >= 0.3 is 12.1 Å². The van der Waals surface area contributed by atoms with Crippen molar-refractivity contribution < 1.29 is 19.4 Å². The molecule has 2 N–H and O–H groups in total. The molecule has 1 fully saturated rings. The molecule has 19 heavy (non-hydrogen) atoms. The van der Waals surface area contributed by atoms with Crippen LogP contribution in [0.25, 0.3) is 0 Å². The van der Waals surface area contributed by atoms with Crippen LogP contribution in [0.5, 0.6) is 0 Å². The van der Waals surface area contributed by atoms with Gasteiger partial charge in [0.25, 0.3) is 0 Å². The van der Waals surface area contributed by atoms with Crippen LogP contribution in [0.2, 0.25) is 0 Å². The molecular weight excluding hydrogens is 246 g/mol. The van der Waals surface area contributed by atoms with E-state index in [0.717, 1.165) is 38.5 Å². The Morgan fingerprint density at radius 2 is 2.00 bits per heavy atom. The molecule has 1 rings (SSSR count). The van der Waals surface area contributed by atoms with Crippen molar-refractivity contribution in [2.24, 2.45) is 0 Å². The van der Waals surface area contributed by atoms with Crippen LogP contribution >= 0.6 is 0 Å². The van der Waals surface area contributed by atoms with Crippen LogP contribution in [-0.4, -0.2) is 29.3 Å². The van der Waals surface area contributed by atoms with Gasteiger partial charge in [-0.15, -0.1) is 0 Å². The summed E-state index contributed by atoms with van der Waals surface area (Å²) in [5.41, 5.74) is -0.198. The Morgan fingerprint density at radius 1 is 1.32 bits per heavy atom.